The molecule has 0 atom stereocenters. The maximum Gasteiger partial charge on any atom is 0.165 e. The van der Waals surface area contributed by atoms with Crippen LogP contribution in [0.3, 0.4) is 0 Å². The van der Waals surface area contributed by atoms with E-state index in [4.69, 9.17) is 14.2 Å². The number of para-hydroxylation sites is 1. The fourth-order valence-corrected chi connectivity index (χ4v) is 2.39. The van der Waals surface area contributed by atoms with Crippen molar-refractivity contribution >= 4 is 0 Å². The van der Waals surface area contributed by atoms with E-state index in [0.29, 0.717) is 6.61 Å². The number of nitrogens with zero attached hydrogens (tertiary/aromatic N) is 1. The first-order valence-electron chi connectivity index (χ1n) is 7.64. The van der Waals surface area contributed by atoms with E-state index in [1.54, 1.807) is 7.11 Å². The molecule has 21 heavy (non-hydrogen) atoms. The molecule has 0 spiro atoms. The zero-order valence-corrected chi connectivity index (χ0v) is 13.1. The zero-order chi connectivity index (χ0) is 14.9. The molecule has 5 heteroatoms. The number of methoxy groups -OCH3 is 1. The summed E-state index contributed by atoms with van der Waals surface area (Å²) in [6.07, 6.45) is 0. The van der Waals surface area contributed by atoms with Crippen LogP contribution < -0.4 is 14.8 Å². The molecule has 0 amide bonds. The Morgan fingerprint density at radius 3 is 2.81 bits per heavy atom. The Labute approximate surface area is 127 Å². The van der Waals surface area contributed by atoms with Crippen molar-refractivity contribution in [1.29, 1.82) is 0 Å². The quantitative estimate of drug-likeness (QED) is 0.787. The zero-order valence-electron chi connectivity index (χ0n) is 13.1. The highest BCUT2D eigenvalue weighted by Gasteiger charge is 2.13. The first kappa shape index (κ1) is 16.1. The van der Waals surface area contributed by atoms with Crippen molar-refractivity contribution in [3.05, 3.63) is 23.8 Å². The summed E-state index contributed by atoms with van der Waals surface area (Å²) in [4.78, 5) is 2.36. The van der Waals surface area contributed by atoms with Gasteiger partial charge < -0.3 is 19.5 Å². The lowest BCUT2D eigenvalue weighted by Crippen LogP contribution is -2.38. The molecular weight excluding hydrogens is 268 g/mol. The molecule has 0 aliphatic carbocycles. The summed E-state index contributed by atoms with van der Waals surface area (Å²) in [5.74, 6) is 1.65. The highest BCUT2D eigenvalue weighted by molar-refractivity contribution is 5.46. The Bertz CT molecular complexity index is 420. The maximum absolute atomic E-state index is 6.01. The van der Waals surface area contributed by atoms with Crippen LogP contribution in [0.1, 0.15) is 12.5 Å². The predicted octanol–water partition coefficient (Wildman–Crippen LogP) is 1.52. The summed E-state index contributed by atoms with van der Waals surface area (Å²) in [6.45, 7) is 9.02. The van der Waals surface area contributed by atoms with Crippen molar-refractivity contribution in [2.24, 2.45) is 0 Å². The standard InChI is InChI=1S/C16H26N2O3/c1-3-17-13-14-5-4-6-15(19-2)16(14)21-12-9-18-7-10-20-11-8-18/h4-6,17H,3,7-13H2,1-2H3. The lowest BCUT2D eigenvalue weighted by atomic mass is 10.2. The number of hydrogen-bond acceptors (Lipinski definition) is 5. The van der Waals surface area contributed by atoms with Crippen molar-refractivity contribution in [3.63, 3.8) is 0 Å². The Morgan fingerprint density at radius 1 is 1.29 bits per heavy atom. The van der Waals surface area contributed by atoms with Gasteiger partial charge in [0.25, 0.3) is 0 Å². The van der Waals surface area contributed by atoms with Crippen LogP contribution in [0.5, 0.6) is 11.5 Å². The van der Waals surface area contributed by atoms with E-state index in [0.717, 1.165) is 63.0 Å². The SMILES string of the molecule is CCNCc1cccc(OC)c1OCCN1CCOCC1. The molecule has 1 aliphatic heterocycles. The van der Waals surface area contributed by atoms with Crippen LogP contribution in [0.25, 0.3) is 0 Å². The van der Waals surface area contributed by atoms with Gasteiger partial charge in [-0.05, 0) is 12.6 Å². The van der Waals surface area contributed by atoms with Crippen LogP contribution in [0, 0.1) is 0 Å². The maximum atomic E-state index is 6.01. The first-order valence-corrected chi connectivity index (χ1v) is 7.64. The second-order valence-corrected chi connectivity index (χ2v) is 5.03. The minimum Gasteiger partial charge on any atom is -0.493 e. The van der Waals surface area contributed by atoms with Gasteiger partial charge in [0.2, 0.25) is 0 Å². The van der Waals surface area contributed by atoms with Gasteiger partial charge in [-0.15, -0.1) is 0 Å². The number of nitrogens with one attached hydrogen (secondary N) is 1. The van der Waals surface area contributed by atoms with E-state index in [1.165, 1.54) is 0 Å². The highest BCUT2D eigenvalue weighted by Crippen LogP contribution is 2.31. The Kier molecular flexibility index (Phi) is 6.79. The molecule has 1 N–H and O–H groups in total. The average molecular weight is 294 g/mol. The Balaban J connectivity index is 1.92. The fraction of sp³-hybridized carbons (Fsp3) is 0.625. The third-order valence-corrected chi connectivity index (χ3v) is 3.60. The minimum absolute atomic E-state index is 0.666. The molecular formula is C16H26N2O3. The van der Waals surface area contributed by atoms with Gasteiger partial charge in [-0.1, -0.05) is 19.1 Å². The number of rotatable bonds is 8. The first-order chi connectivity index (χ1) is 10.3. The monoisotopic (exact) mass is 294 g/mol. The van der Waals surface area contributed by atoms with E-state index in [9.17, 15) is 0 Å². The number of hydrogen-bond donors (Lipinski definition) is 1. The molecule has 1 aromatic rings. The van der Waals surface area contributed by atoms with Gasteiger partial charge in [-0.25, -0.2) is 0 Å². The van der Waals surface area contributed by atoms with E-state index in [-0.39, 0.29) is 0 Å². The van der Waals surface area contributed by atoms with Crippen molar-refractivity contribution in [3.8, 4) is 11.5 Å². The molecule has 1 fully saturated rings. The summed E-state index contributed by atoms with van der Waals surface area (Å²) < 4.78 is 16.8. The molecule has 1 saturated heterocycles. The van der Waals surface area contributed by atoms with Crippen LogP contribution in [0.15, 0.2) is 18.2 Å². The topological polar surface area (TPSA) is 43.0 Å². The normalized spacial score (nSPS) is 15.9. The molecule has 0 aromatic heterocycles. The minimum atomic E-state index is 0.666. The highest BCUT2D eigenvalue weighted by atomic mass is 16.5. The molecule has 0 saturated carbocycles. The molecule has 5 nitrogen and oxygen atoms in total. The fourth-order valence-electron chi connectivity index (χ4n) is 2.39. The molecule has 0 unspecified atom stereocenters. The number of benzene rings is 1. The van der Waals surface area contributed by atoms with Gasteiger partial charge in [0, 0.05) is 31.7 Å². The van der Waals surface area contributed by atoms with Crippen molar-refractivity contribution in [2.45, 2.75) is 13.5 Å². The summed E-state index contributed by atoms with van der Waals surface area (Å²) in [5.41, 5.74) is 1.14. The summed E-state index contributed by atoms with van der Waals surface area (Å²) in [7, 11) is 1.68. The lowest BCUT2D eigenvalue weighted by Gasteiger charge is -2.26. The van der Waals surface area contributed by atoms with Crippen molar-refractivity contribution < 1.29 is 14.2 Å². The Morgan fingerprint density at radius 2 is 2.10 bits per heavy atom. The van der Waals surface area contributed by atoms with Gasteiger partial charge in [0.05, 0.1) is 20.3 Å². The largest absolute Gasteiger partial charge is 0.493 e. The predicted molar refractivity (Wildman–Crippen MR) is 83.1 cm³/mol. The van der Waals surface area contributed by atoms with E-state index >= 15 is 0 Å². The summed E-state index contributed by atoms with van der Waals surface area (Å²) in [6, 6.07) is 6.02. The van der Waals surface area contributed by atoms with Gasteiger partial charge >= 0.3 is 0 Å². The third-order valence-electron chi connectivity index (χ3n) is 3.60. The van der Waals surface area contributed by atoms with E-state index < -0.39 is 0 Å². The summed E-state index contributed by atoms with van der Waals surface area (Å²) in [5, 5.41) is 3.33. The van der Waals surface area contributed by atoms with Crippen LogP contribution in [0.4, 0.5) is 0 Å². The van der Waals surface area contributed by atoms with Crippen molar-refractivity contribution in [2.75, 3.05) is 53.1 Å². The molecule has 2 rings (SSSR count). The van der Waals surface area contributed by atoms with E-state index in [1.807, 2.05) is 12.1 Å². The van der Waals surface area contributed by atoms with Gasteiger partial charge in [-0.2, -0.15) is 0 Å². The van der Waals surface area contributed by atoms with Crippen LogP contribution in [-0.4, -0.2) is 58.0 Å². The van der Waals surface area contributed by atoms with Crippen molar-refractivity contribution in [1.82, 2.24) is 10.2 Å². The van der Waals surface area contributed by atoms with Crippen LogP contribution >= 0.6 is 0 Å². The second-order valence-electron chi connectivity index (χ2n) is 5.03. The summed E-state index contributed by atoms with van der Waals surface area (Å²) >= 11 is 0. The molecule has 1 heterocycles. The van der Waals surface area contributed by atoms with E-state index in [2.05, 4.69) is 23.2 Å². The van der Waals surface area contributed by atoms with Gasteiger partial charge in [0.1, 0.15) is 6.61 Å². The number of ether oxygens (including phenoxy) is 3. The smallest absolute Gasteiger partial charge is 0.165 e. The third kappa shape index (κ3) is 4.88. The molecule has 0 radical (unpaired) electrons. The van der Waals surface area contributed by atoms with Gasteiger partial charge in [-0.3, -0.25) is 4.90 Å². The average Bonchev–Trinajstić information content (AvgIpc) is 2.54. The lowest BCUT2D eigenvalue weighted by molar-refractivity contribution is 0.0320. The molecule has 118 valence electrons. The van der Waals surface area contributed by atoms with Crippen LogP contribution in [-0.2, 0) is 11.3 Å². The van der Waals surface area contributed by atoms with Crippen LogP contribution in [0.2, 0.25) is 0 Å². The molecule has 1 aliphatic rings. The number of morpholine rings is 1. The van der Waals surface area contributed by atoms with Gasteiger partial charge in [0.15, 0.2) is 11.5 Å². The molecule has 0 bridgehead atoms. The Hall–Kier alpha value is -1.30. The molecule has 1 aromatic carbocycles. The second kappa shape index (κ2) is 8.87.